The van der Waals surface area contributed by atoms with E-state index in [1.807, 2.05) is 55.7 Å². The second-order valence-corrected chi connectivity index (χ2v) is 23.0. The molecule has 0 aliphatic rings. The number of rotatable bonds is 5. The third-order valence-electron chi connectivity index (χ3n) is 7.18. The molecule has 0 saturated carbocycles. The maximum absolute atomic E-state index is 14.5. The molecule has 7 heteroatoms. The Kier molecular flexibility index (Phi) is 9.29. The van der Waals surface area contributed by atoms with E-state index < -0.39 is 25.9 Å². The van der Waals surface area contributed by atoms with Gasteiger partial charge in [0.2, 0.25) is 5.71 Å². The fraction of sp³-hybridized carbons (Fsp3) is 0.270. The number of aromatic nitrogens is 3. The molecule has 0 fully saturated rings. The number of hydrogen-bond donors (Lipinski definition) is 0. The van der Waals surface area contributed by atoms with Gasteiger partial charge in [-0.25, -0.2) is 4.98 Å². The van der Waals surface area contributed by atoms with E-state index in [9.17, 15) is 4.39 Å². The van der Waals surface area contributed by atoms with Gasteiger partial charge in [0.25, 0.3) is 0 Å². The Morgan fingerprint density at radius 3 is 2.39 bits per heavy atom. The van der Waals surface area contributed by atoms with Gasteiger partial charge in [-0.15, -0.1) is 18.2 Å². The summed E-state index contributed by atoms with van der Waals surface area (Å²) in [6.45, 7) is 6.00. The Hall–Kier alpha value is -3.19. The van der Waals surface area contributed by atoms with Crippen molar-refractivity contribution < 1.29 is 33.0 Å². The molecule has 0 bridgehead atoms. The van der Waals surface area contributed by atoms with Crippen molar-refractivity contribution in [3.05, 3.63) is 107 Å². The minimum atomic E-state index is -2.34. The number of hydrogen-bond acceptors (Lipinski definition) is 4. The van der Waals surface area contributed by atoms with Gasteiger partial charge in [-0.2, -0.15) is 0 Å². The summed E-state index contributed by atoms with van der Waals surface area (Å²) < 4.78 is 44.0. The quantitative estimate of drug-likeness (QED) is 0.129. The van der Waals surface area contributed by atoms with E-state index >= 15 is 0 Å². The molecule has 229 valence electrons. The zero-order valence-corrected chi connectivity index (χ0v) is 30.6. The summed E-state index contributed by atoms with van der Waals surface area (Å²) in [7, 11) is 0. The predicted octanol–water partition coefficient (Wildman–Crippen LogP) is 9.20. The summed E-state index contributed by atoms with van der Waals surface area (Å²) in [5.74, 6) is 6.85. The standard InChI is InChI=1S/C19H25FGeN.C18H13N2O.Ir/c1-13(2)9-15-11-19(22-12-18(15)21(4,5)6)16-8-7-14(3)10-17(16)20;1-11-8-9-19-16(10-11)15-5-3-4-13-14-7-6-12(2)20-18(14)21-17(13)15;/h7,10-13H,9H2,1-6H3;3-4,6-10H,1-2H3;/q2*-1;/i3D3;;. The number of halogens is 1. The Morgan fingerprint density at radius 1 is 0.932 bits per heavy atom. The van der Waals surface area contributed by atoms with Crippen LogP contribution in [0.4, 0.5) is 4.39 Å². The second-order valence-electron chi connectivity index (χ2n) is 12.4. The van der Waals surface area contributed by atoms with Crippen LogP contribution in [0.15, 0.2) is 71.4 Å². The average Bonchev–Trinajstić information content (AvgIpc) is 3.34. The number of fused-ring (bicyclic) bond motifs is 3. The maximum Gasteiger partial charge on any atom is 0 e. The minimum absolute atomic E-state index is 0. The van der Waals surface area contributed by atoms with Crippen LogP contribution in [-0.2, 0) is 26.5 Å². The Labute approximate surface area is 280 Å². The van der Waals surface area contributed by atoms with Crippen LogP contribution < -0.4 is 4.40 Å². The van der Waals surface area contributed by atoms with Crippen LogP contribution in [0.25, 0.3) is 44.6 Å². The van der Waals surface area contributed by atoms with E-state index in [1.165, 1.54) is 16.0 Å². The van der Waals surface area contributed by atoms with Crippen LogP contribution in [0.3, 0.4) is 0 Å². The number of furan rings is 1. The zero-order valence-electron chi connectivity index (χ0n) is 29.1. The van der Waals surface area contributed by atoms with Gasteiger partial charge in [-0.05, 0) is 37.7 Å². The summed E-state index contributed by atoms with van der Waals surface area (Å²) in [5.41, 5.74) is 7.24. The van der Waals surface area contributed by atoms with Crippen LogP contribution >= 0.6 is 0 Å². The van der Waals surface area contributed by atoms with Gasteiger partial charge in [-0.1, -0.05) is 22.6 Å². The first kappa shape index (κ1) is 29.5. The maximum atomic E-state index is 14.5. The normalized spacial score (nSPS) is 12.7. The molecule has 0 atom stereocenters. The first-order valence-electron chi connectivity index (χ1n) is 16.0. The van der Waals surface area contributed by atoms with E-state index in [2.05, 4.69) is 71.2 Å². The first-order chi connectivity index (χ1) is 21.6. The van der Waals surface area contributed by atoms with E-state index in [0.717, 1.165) is 51.4 Å². The molecule has 44 heavy (non-hydrogen) atoms. The molecule has 0 aliphatic carbocycles. The molecule has 4 aromatic heterocycles. The van der Waals surface area contributed by atoms with E-state index in [4.69, 9.17) is 8.53 Å². The van der Waals surface area contributed by atoms with Gasteiger partial charge < -0.3 is 9.40 Å². The molecule has 0 unspecified atom stereocenters. The van der Waals surface area contributed by atoms with Crippen LogP contribution in [0.1, 0.15) is 40.3 Å². The molecule has 0 aliphatic heterocycles. The Balaban J connectivity index is 0.000000210. The van der Waals surface area contributed by atoms with E-state index in [1.54, 1.807) is 0 Å². The summed E-state index contributed by atoms with van der Waals surface area (Å²) in [4.78, 5) is 13.4. The monoisotopic (exact) mass is 829 g/mol. The molecule has 6 aromatic rings. The van der Waals surface area contributed by atoms with Crippen molar-refractivity contribution in [1.82, 2.24) is 15.0 Å². The molecule has 0 amide bonds. The molecular formula is C37H38FGeIrN3O-2. The Bertz CT molecular complexity index is 2040. The number of nitrogens with zero attached hydrogens (tertiary/aromatic N) is 3. The third-order valence-corrected chi connectivity index (χ3v) is 11.5. The molecule has 4 heterocycles. The van der Waals surface area contributed by atoms with Crippen molar-refractivity contribution in [2.24, 2.45) is 5.92 Å². The number of pyridine rings is 3. The topological polar surface area (TPSA) is 51.8 Å². The van der Waals surface area contributed by atoms with Gasteiger partial charge >= 0.3 is 140 Å². The predicted molar refractivity (Wildman–Crippen MR) is 178 cm³/mol. The molecule has 0 saturated heterocycles. The SMILES string of the molecule is Cc1ccnc(-c2[c-]ccc3c2oc2nc(C)ccc23)c1.[2H]C([2H])([2H])c1c[c-]c(-c2cc(CC(C)C)[c]([Ge]([CH3])([CH3])[CH3])cn2)c(F)c1.[Ir]. The third kappa shape index (κ3) is 7.54. The van der Waals surface area contributed by atoms with Crippen molar-refractivity contribution in [2.75, 3.05) is 0 Å². The van der Waals surface area contributed by atoms with Crippen LogP contribution in [0, 0.1) is 44.6 Å². The molecule has 0 spiro atoms. The first-order valence-corrected chi connectivity index (χ1v) is 21.8. The molecular weight excluding hydrogens is 786 g/mol. The average molecular weight is 828 g/mol. The number of aryl methyl sites for hydroxylation is 3. The fourth-order valence-corrected chi connectivity index (χ4v) is 8.50. The van der Waals surface area contributed by atoms with Crippen molar-refractivity contribution in [3.63, 3.8) is 0 Å². The summed E-state index contributed by atoms with van der Waals surface area (Å²) in [6, 6.07) is 22.4. The smallest absolute Gasteiger partial charge is 0 e. The molecule has 2 aromatic carbocycles. The van der Waals surface area contributed by atoms with E-state index in [-0.39, 0.29) is 31.2 Å². The fourth-order valence-electron chi connectivity index (χ4n) is 5.16. The van der Waals surface area contributed by atoms with Gasteiger partial charge in [0.1, 0.15) is 0 Å². The Morgan fingerprint density at radius 2 is 1.70 bits per heavy atom. The van der Waals surface area contributed by atoms with Gasteiger partial charge in [-0.3, -0.25) is 0 Å². The summed E-state index contributed by atoms with van der Waals surface area (Å²) in [5, 5.41) is 2.08. The van der Waals surface area contributed by atoms with Crippen molar-refractivity contribution in [2.45, 2.75) is 58.2 Å². The van der Waals surface area contributed by atoms with Crippen LogP contribution in [0.2, 0.25) is 17.3 Å². The number of benzene rings is 2. The molecule has 1 radical (unpaired) electrons. The molecule has 6 rings (SSSR count). The largest absolute Gasteiger partial charge is 0 e. The van der Waals surface area contributed by atoms with Crippen LogP contribution in [-0.4, -0.2) is 28.2 Å². The summed E-state index contributed by atoms with van der Waals surface area (Å²) >= 11 is -2.08. The van der Waals surface area contributed by atoms with E-state index in [0.29, 0.717) is 17.3 Å². The second kappa shape index (κ2) is 13.8. The van der Waals surface area contributed by atoms with Gasteiger partial charge in [0.05, 0.1) is 5.58 Å². The van der Waals surface area contributed by atoms with Gasteiger partial charge in [0.15, 0.2) is 0 Å². The zero-order chi connectivity index (χ0) is 33.4. The van der Waals surface area contributed by atoms with Crippen LogP contribution in [0.5, 0.6) is 0 Å². The van der Waals surface area contributed by atoms with Crippen molar-refractivity contribution in [3.8, 4) is 22.5 Å². The molecule has 4 nitrogen and oxygen atoms in total. The van der Waals surface area contributed by atoms with Crippen molar-refractivity contribution in [1.29, 1.82) is 0 Å². The molecule has 0 N–H and O–H groups in total. The van der Waals surface area contributed by atoms with Crippen molar-refractivity contribution >= 4 is 39.7 Å². The van der Waals surface area contributed by atoms with Gasteiger partial charge in [0, 0.05) is 37.4 Å². The minimum Gasteiger partial charge on any atom is 0 e. The summed E-state index contributed by atoms with van der Waals surface area (Å²) in [6.07, 6.45) is 4.61.